The molecule has 0 bridgehead atoms. The lowest BCUT2D eigenvalue weighted by Gasteiger charge is -2.31. The van der Waals surface area contributed by atoms with Crippen LogP contribution in [0, 0.1) is 0 Å². The van der Waals surface area contributed by atoms with E-state index in [0.29, 0.717) is 13.3 Å². The highest BCUT2D eigenvalue weighted by atomic mass is 32.1. The number of nitrogens with zero attached hydrogens (tertiary/aromatic N) is 2. The Kier molecular flexibility index (Phi) is 11.2. The summed E-state index contributed by atoms with van der Waals surface area (Å²) in [6.07, 6.45) is 7.58. The first-order valence-corrected chi connectivity index (χ1v) is 7.46. The van der Waals surface area contributed by atoms with E-state index >= 15 is 0 Å². The number of quaternary nitrogens is 1. The van der Waals surface area contributed by atoms with Crippen LogP contribution in [-0.4, -0.2) is 43.6 Å². The van der Waals surface area contributed by atoms with Crippen molar-refractivity contribution in [1.82, 2.24) is 5.23 Å². The van der Waals surface area contributed by atoms with Crippen LogP contribution < -0.4 is 0 Å². The molecule has 0 unspecified atom stereocenters. The van der Waals surface area contributed by atoms with Gasteiger partial charge in [0, 0.05) is 18.1 Å². The molecule has 0 N–H and O–H groups in total. The smallest absolute Gasteiger partial charge is 0.184 e. The molecule has 0 atom stereocenters. The Morgan fingerprint density at radius 3 is 2.17 bits per heavy atom. The van der Waals surface area contributed by atoms with Gasteiger partial charge in [-0.15, -0.1) is 0 Å². The lowest BCUT2D eigenvalue weighted by molar-refractivity contribution is -0.909. The molecule has 0 aliphatic carbocycles. The first-order valence-electron chi connectivity index (χ1n) is 7.09. The number of rotatable bonds is 12. The Morgan fingerprint density at radius 1 is 1.00 bits per heavy atom. The van der Waals surface area contributed by atoms with Crippen molar-refractivity contribution >= 4 is 12.9 Å². The number of hydrogen-bond acceptors (Lipinski definition) is 4. The quantitative estimate of drug-likeness (QED) is 0.148. The van der Waals surface area contributed by atoms with Gasteiger partial charge in [-0.1, -0.05) is 39.0 Å². The van der Waals surface area contributed by atoms with Gasteiger partial charge in [0.15, 0.2) is 6.67 Å². The summed E-state index contributed by atoms with van der Waals surface area (Å²) in [4.78, 5) is 5.55. The molecule has 18 heavy (non-hydrogen) atoms. The topological polar surface area (TPSA) is 21.7 Å². The minimum Gasteiger partial charge on any atom is -0.313 e. The summed E-state index contributed by atoms with van der Waals surface area (Å²) in [6.45, 7) is 6.78. The molecule has 0 aromatic carbocycles. The Balaban J connectivity index is 3.56. The normalized spacial score (nSPS) is 12.3. The summed E-state index contributed by atoms with van der Waals surface area (Å²) >= 11 is 3.83. The van der Waals surface area contributed by atoms with E-state index in [1.165, 1.54) is 37.3 Å². The second-order valence-corrected chi connectivity index (χ2v) is 5.57. The lowest BCUT2D eigenvalue weighted by atomic mass is 10.1. The SMILES string of the molecule is CCCCCCCCON(C[N+](C)(C)CC)OS. The molecule has 0 amide bonds. The average molecular weight is 279 g/mol. The van der Waals surface area contributed by atoms with Gasteiger partial charge < -0.3 is 4.48 Å². The largest absolute Gasteiger partial charge is 0.313 e. The molecule has 0 rings (SSSR count). The van der Waals surface area contributed by atoms with Gasteiger partial charge in [0.25, 0.3) is 0 Å². The highest BCUT2D eigenvalue weighted by Crippen LogP contribution is 2.07. The van der Waals surface area contributed by atoms with Crippen molar-refractivity contribution < 1.29 is 13.6 Å². The van der Waals surface area contributed by atoms with Gasteiger partial charge in [0.2, 0.25) is 0 Å². The van der Waals surface area contributed by atoms with Crippen LogP contribution in [0.25, 0.3) is 0 Å². The molecule has 0 aliphatic rings. The van der Waals surface area contributed by atoms with Crippen LogP contribution in [0.4, 0.5) is 0 Å². The summed E-state index contributed by atoms with van der Waals surface area (Å²) in [5.41, 5.74) is 0. The first kappa shape index (κ1) is 18.2. The number of unbranched alkanes of at least 4 members (excludes halogenated alkanes) is 5. The zero-order valence-electron chi connectivity index (χ0n) is 12.5. The second kappa shape index (κ2) is 11.1. The zero-order chi connectivity index (χ0) is 13.9. The van der Waals surface area contributed by atoms with Crippen molar-refractivity contribution in [2.45, 2.75) is 52.4 Å². The van der Waals surface area contributed by atoms with Crippen molar-refractivity contribution in [3.05, 3.63) is 0 Å². The number of hydroxylamine groups is 2. The van der Waals surface area contributed by atoms with E-state index in [1.54, 1.807) is 0 Å². The molecule has 5 heteroatoms. The van der Waals surface area contributed by atoms with Gasteiger partial charge >= 0.3 is 0 Å². The fourth-order valence-corrected chi connectivity index (χ4v) is 1.65. The lowest BCUT2D eigenvalue weighted by Crippen LogP contribution is -2.47. The predicted molar refractivity (Wildman–Crippen MR) is 78.8 cm³/mol. The van der Waals surface area contributed by atoms with Gasteiger partial charge in [-0.2, -0.15) is 0 Å². The summed E-state index contributed by atoms with van der Waals surface area (Å²) in [7, 11) is 4.27. The van der Waals surface area contributed by atoms with E-state index in [4.69, 9.17) is 9.12 Å². The van der Waals surface area contributed by atoms with Gasteiger partial charge in [-0.3, -0.25) is 4.84 Å². The highest BCUT2D eigenvalue weighted by molar-refractivity contribution is 7.75. The third-order valence-electron chi connectivity index (χ3n) is 3.18. The maximum atomic E-state index is 5.55. The molecule has 0 aromatic rings. The standard InChI is InChI=1S/C13H30N2O2S/c1-5-7-8-9-10-11-12-16-14(17-18)13-15(3,4)6-2/h5-13H2,1-4H3/p+1. The number of hydrogen-bond donors (Lipinski definition) is 1. The first-order chi connectivity index (χ1) is 8.55. The Bertz CT molecular complexity index is 192. The van der Waals surface area contributed by atoms with E-state index in [9.17, 15) is 0 Å². The molecular weight excluding hydrogens is 248 g/mol. The molecule has 0 aliphatic heterocycles. The molecule has 0 fully saturated rings. The molecule has 0 aromatic heterocycles. The van der Waals surface area contributed by atoms with Crippen molar-refractivity contribution in [2.24, 2.45) is 0 Å². The van der Waals surface area contributed by atoms with E-state index in [2.05, 4.69) is 40.9 Å². The van der Waals surface area contributed by atoms with Crippen molar-refractivity contribution in [1.29, 1.82) is 0 Å². The van der Waals surface area contributed by atoms with Gasteiger partial charge in [-0.05, 0) is 13.3 Å². The second-order valence-electron chi connectivity index (χ2n) is 5.41. The van der Waals surface area contributed by atoms with Crippen LogP contribution >= 0.6 is 12.9 Å². The van der Waals surface area contributed by atoms with Crippen molar-refractivity contribution in [3.8, 4) is 0 Å². The third-order valence-corrected chi connectivity index (χ3v) is 3.36. The van der Waals surface area contributed by atoms with Crippen LogP contribution in [0.1, 0.15) is 52.4 Å². The molecule has 0 spiro atoms. The van der Waals surface area contributed by atoms with Crippen LogP contribution in [0.15, 0.2) is 0 Å². The molecule has 0 heterocycles. The fraction of sp³-hybridized carbons (Fsp3) is 1.00. The summed E-state index contributed by atoms with van der Waals surface area (Å²) in [5.74, 6) is 0. The molecule has 110 valence electrons. The van der Waals surface area contributed by atoms with E-state index in [1.807, 2.05) is 0 Å². The van der Waals surface area contributed by atoms with E-state index in [-0.39, 0.29) is 0 Å². The van der Waals surface area contributed by atoms with Crippen molar-refractivity contribution in [3.63, 3.8) is 0 Å². The summed E-state index contributed by atoms with van der Waals surface area (Å²) < 4.78 is 5.74. The maximum absolute atomic E-state index is 5.55. The van der Waals surface area contributed by atoms with Gasteiger partial charge in [0.05, 0.1) is 27.2 Å². The van der Waals surface area contributed by atoms with Gasteiger partial charge in [0.1, 0.15) is 0 Å². The van der Waals surface area contributed by atoms with E-state index in [0.717, 1.165) is 17.4 Å². The minimum absolute atomic E-state index is 0.676. The van der Waals surface area contributed by atoms with Crippen LogP contribution in [0.3, 0.4) is 0 Å². The monoisotopic (exact) mass is 279 g/mol. The number of thiol groups is 1. The Morgan fingerprint density at radius 2 is 1.61 bits per heavy atom. The Labute approximate surface area is 118 Å². The van der Waals surface area contributed by atoms with Gasteiger partial charge in [-0.25, -0.2) is 4.28 Å². The fourth-order valence-electron chi connectivity index (χ4n) is 1.55. The summed E-state index contributed by atoms with van der Waals surface area (Å²) in [5, 5.41) is 1.47. The maximum Gasteiger partial charge on any atom is 0.184 e. The molecular formula is C13H31N2O2S+. The third kappa shape index (κ3) is 10.1. The van der Waals surface area contributed by atoms with E-state index < -0.39 is 0 Å². The zero-order valence-corrected chi connectivity index (χ0v) is 13.4. The van der Waals surface area contributed by atoms with Crippen LogP contribution in [-0.2, 0) is 9.12 Å². The molecule has 4 nitrogen and oxygen atoms in total. The average Bonchev–Trinajstić information content (AvgIpc) is 2.36. The predicted octanol–water partition coefficient (Wildman–Crippen LogP) is 3.41. The van der Waals surface area contributed by atoms with Crippen molar-refractivity contribution in [2.75, 3.05) is 33.9 Å². The Hall–Kier alpha value is 0.190. The van der Waals surface area contributed by atoms with Crippen LogP contribution in [0.2, 0.25) is 0 Å². The highest BCUT2D eigenvalue weighted by Gasteiger charge is 2.18. The molecule has 0 saturated carbocycles. The van der Waals surface area contributed by atoms with Crippen LogP contribution in [0.5, 0.6) is 0 Å². The minimum atomic E-state index is 0.676. The summed E-state index contributed by atoms with van der Waals surface area (Å²) in [6, 6.07) is 0. The molecule has 0 saturated heterocycles. The molecule has 0 radical (unpaired) electrons.